The summed E-state index contributed by atoms with van der Waals surface area (Å²) in [4.78, 5) is 26.4. The molecule has 0 aromatic carbocycles. The van der Waals surface area contributed by atoms with Gasteiger partial charge in [0.25, 0.3) is 0 Å². The number of nitrogens with one attached hydrogen (secondary N) is 2. The highest BCUT2D eigenvalue weighted by Crippen LogP contribution is 2.43. The molecule has 2 saturated carbocycles. The highest BCUT2D eigenvalue weighted by atomic mass is 19.3. The predicted octanol–water partition coefficient (Wildman–Crippen LogP) is 1.77. The molecule has 0 aromatic heterocycles. The van der Waals surface area contributed by atoms with Crippen molar-refractivity contribution in [1.82, 2.24) is 15.5 Å². The van der Waals surface area contributed by atoms with Gasteiger partial charge in [-0.05, 0) is 13.8 Å². The van der Waals surface area contributed by atoms with Crippen LogP contribution in [0.5, 0.6) is 0 Å². The second kappa shape index (κ2) is 6.65. The first kappa shape index (κ1) is 19.4. The number of amides is 2. The van der Waals surface area contributed by atoms with Gasteiger partial charge in [0, 0.05) is 56.7 Å². The quantitative estimate of drug-likeness (QED) is 0.716. The summed E-state index contributed by atoms with van der Waals surface area (Å²) in [5.41, 5.74) is 0. The van der Waals surface area contributed by atoms with Gasteiger partial charge in [-0.2, -0.15) is 0 Å². The van der Waals surface area contributed by atoms with Crippen LogP contribution in [0.25, 0.3) is 0 Å². The molecule has 2 unspecified atom stereocenters. The van der Waals surface area contributed by atoms with E-state index >= 15 is 0 Å². The van der Waals surface area contributed by atoms with Gasteiger partial charge in [0.1, 0.15) is 0 Å². The van der Waals surface area contributed by atoms with E-state index < -0.39 is 73.3 Å². The number of alkyl halides is 4. The molecule has 3 rings (SSSR count). The Kier molecular flexibility index (Phi) is 4.96. The van der Waals surface area contributed by atoms with E-state index in [2.05, 4.69) is 15.5 Å². The smallest absolute Gasteiger partial charge is 0.249 e. The lowest BCUT2D eigenvalue weighted by Crippen LogP contribution is -2.56. The minimum absolute atomic E-state index is 0.178. The first-order chi connectivity index (χ1) is 12.0. The summed E-state index contributed by atoms with van der Waals surface area (Å²) in [5.74, 6) is -7.82. The number of nitrogens with zero attached hydrogens (tertiary/aromatic N) is 1. The number of likely N-dealkylation sites (tertiary alicyclic amines) is 1. The molecule has 1 saturated heterocycles. The molecule has 0 bridgehead atoms. The fraction of sp³-hybridized carbons (Fsp3) is 0.882. The number of rotatable bonds is 5. The van der Waals surface area contributed by atoms with E-state index in [4.69, 9.17) is 0 Å². The van der Waals surface area contributed by atoms with E-state index in [1.807, 2.05) is 13.8 Å². The third-order valence-electron chi connectivity index (χ3n) is 5.66. The third-order valence-corrected chi connectivity index (χ3v) is 5.66. The molecule has 148 valence electrons. The van der Waals surface area contributed by atoms with Gasteiger partial charge in [-0.3, -0.25) is 14.5 Å². The maximum Gasteiger partial charge on any atom is 0.249 e. The molecule has 2 amide bonds. The number of carbonyl (C=O) groups excluding carboxylic acids is 2. The van der Waals surface area contributed by atoms with E-state index in [0.717, 1.165) is 0 Å². The molecule has 26 heavy (non-hydrogen) atoms. The Bertz CT molecular complexity index is 522. The monoisotopic (exact) mass is 379 g/mol. The van der Waals surface area contributed by atoms with Gasteiger partial charge in [-0.15, -0.1) is 0 Å². The summed E-state index contributed by atoms with van der Waals surface area (Å²) in [6.45, 7) is 4.92. The maximum absolute atomic E-state index is 13.0. The number of carbonyl (C=O) groups is 2. The van der Waals surface area contributed by atoms with Crippen LogP contribution in [0.1, 0.15) is 39.5 Å². The molecule has 2 atom stereocenters. The van der Waals surface area contributed by atoms with E-state index in [1.165, 1.54) is 0 Å². The molecule has 2 aliphatic carbocycles. The number of halogens is 4. The second-order valence-corrected chi connectivity index (χ2v) is 8.20. The van der Waals surface area contributed by atoms with Crippen LogP contribution in [-0.4, -0.2) is 59.8 Å². The molecular formula is C17H25F4N3O2. The zero-order chi connectivity index (χ0) is 19.3. The van der Waals surface area contributed by atoms with Gasteiger partial charge >= 0.3 is 0 Å². The molecule has 1 heterocycles. The van der Waals surface area contributed by atoms with Gasteiger partial charge in [0.05, 0.1) is 12.1 Å². The van der Waals surface area contributed by atoms with Crippen molar-refractivity contribution in [2.45, 2.75) is 69.5 Å². The first-order valence-electron chi connectivity index (χ1n) is 9.06. The van der Waals surface area contributed by atoms with E-state index in [9.17, 15) is 27.2 Å². The van der Waals surface area contributed by atoms with Gasteiger partial charge in [-0.1, -0.05) is 0 Å². The fourth-order valence-electron chi connectivity index (χ4n) is 3.84. The Morgan fingerprint density at radius 2 is 1.19 bits per heavy atom. The number of hydrogen-bond acceptors (Lipinski definition) is 3. The average molecular weight is 379 g/mol. The lowest BCUT2D eigenvalue weighted by atomic mass is 9.80. The molecule has 0 spiro atoms. The topological polar surface area (TPSA) is 61.4 Å². The molecular weight excluding hydrogens is 354 g/mol. The van der Waals surface area contributed by atoms with Crippen molar-refractivity contribution < 1.29 is 27.2 Å². The normalized spacial score (nSPS) is 31.3. The SMILES string of the molecule is CC(C)N1CC(NC(=O)C2CC(F)(F)C2)C(NC(=O)C2CC(F)(F)C2)C1. The van der Waals surface area contributed by atoms with Gasteiger partial charge in [-0.25, -0.2) is 17.6 Å². The van der Waals surface area contributed by atoms with Gasteiger partial charge in [0.2, 0.25) is 23.7 Å². The fourth-order valence-corrected chi connectivity index (χ4v) is 3.84. The molecule has 0 radical (unpaired) electrons. The van der Waals surface area contributed by atoms with E-state index in [-0.39, 0.29) is 6.04 Å². The van der Waals surface area contributed by atoms with Crippen LogP contribution in [0, 0.1) is 11.8 Å². The van der Waals surface area contributed by atoms with E-state index in [1.54, 1.807) is 0 Å². The van der Waals surface area contributed by atoms with Crippen LogP contribution in [0.2, 0.25) is 0 Å². The Hall–Kier alpha value is -1.38. The Morgan fingerprint density at radius 1 is 0.846 bits per heavy atom. The Labute approximate surface area is 149 Å². The summed E-state index contributed by atoms with van der Waals surface area (Å²) >= 11 is 0. The lowest BCUT2D eigenvalue weighted by Gasteiger charge is -2.36. The molecule has 5 nitrogen and oxygen atoms in total. The Balaban J connectivity index is 1.57. The first-order valence-corrected chi connectivity index (χ1v) is 9.06. The van der Waals surface area contributed by atoms with Crippen molar-refractivity contribution in [1.29, 1.82) is 0 Å². The van der Waals surface area contributed by atoms with Gasteiger partial charge in [0.15, 0.2) is 0 Å². The molecule has 1 aliphatic heterocycles. The van der Waals surface area contributed by atoms with Crippen LogP contribution in [-0.2, 0) is 9.59 Å². The number of hydrogen-bond donors (Lipinski definition) is 2. The molecule has 9 heteroatoms. The maximum atomic E-state index is 13.0. The molecule has 2 N–H and O–H groups in total. The summed E-state index contributed by atoms with van der Waals surface area (Å²) < 4.78 is 51.9. The average Bonchev–Trinajstić information content (AvgIpc) is 2.85. The highest BCUT2D eigenvalue weighted by molar-refractivity contribution is 5.82. The highest BCUT2D eigenvalue weighted by Gasteiger charge is 2.51. The van der Waals surface area contributed by atoms with Crippen LogP contribution >= 0.6 is 0 Å². The zero-order valence-electron chi connectivity index (χ0n) is 14.9. The summed E-state index contributed by atoms with van der Waals surface area (Å²) in [7, 11) is 0. The van der Waals surface area contributed by atoms with Crippen molar-refractivity contribution in [3.8, 4) is 0 Å². The molecule has 0 aromatic rings. The van der Waals surface area contributed by atoms with Gasteiger partial charge < -0.3 is 10.6 Å². The van der Waals surface area contributed by atoms with Crippen LogP contribution in [0.15, 0.2) is 0 Å². The lowest BCUT2D eigenvalue weighted by molar-refractivity contribution is -0.152. The van der Waals surface area contributed by atoms with Crippen molar-refractivity contribution in [2.75, 3.05) is 13.1 Å². The predicted molar refractivity (Wildman–Crippen MR) is 85.9 cm³/mol. The minimum atomic E-state index is -2.77. The summed E-state index contributed by atoms with van der Waals surface area (Å²) in [6.07, 6.45) is -1.80. The van der Waals surface area contributed by atoms with Crippen molar-refractivity contribution in [3.05, 3.63) is 0 Å². The van der Waals surface area contributed by atoms with Crippen molar-refractivity contribution >= 4 is 11.8 Å². The van der Waals surface area contributed by atoms with Crippen LogP contribution in [0.3, 0.4) is 0 Å². The standard InChI is InChI=1S/C17H25F4N3O2/c1-9(2)24-7-12(22-14(25)10-3-16(18,19)4-10)13(8-24)23-15(26)11-5-17(20,21)6-11/h9-13H,3-8H2,1-2H3,(H,22,25)(H,23,26). The minimum Gasteiger partial charge on any atom is -0.350 e. The summed E-state index contributed by atoms with van der Waals surface area (Å²) in [6, 6.07) is -0.648. The van der Waals surface area contributed by atoms with E-state index in [0.29, 0.717) is 13.1 Å². The second-order valence-electron chi connectivity index (χ2n) is 8.20. The summed E-state index contributed by atoms with van der Waals surface area (Å²) in [5, 5.41) is 5.55. The van der Waals surface area contributed by atoms with Crippen LogP contribution < -0.4 is 10.6 Å². The third kappa shape index (κ3) is 4.13. The molecule has 3 fully saturated rings. The van der Waals surface area contributed by atoms with Crippen molar-refractivity contribution in [2.24, 2.45) is 11.8 Å². The largest absolute Gasteiger partial charge is 0.350 e. The zero-order valence-corrected chi connectivity index (χ0v) is 14.9. The Morgan fingerprint density at radius 3 is 1.46 bits per heavy atom. The molecule has 3 aliphatic rings. The van der Waals surface area contributed by atoms with Crippen LogP contribution in [0.4, 0.5) is 17.6 Å². The van der Waals surface area contributed by atoms with Crippen molar-refractivity contribution in [3.63, 3.8) is 0 Å².